The molecule has 68 heavy (non-hydrogen) atoms. The van der Waals surface area contributed by atoms with Crippen LogP contribution in [-0.4, -0.2) is 99.4 Å². The molecule has 8 rings (SSSR count). The molecular formula is C51H57N8O8P. The second-order valence-electron chi connectivity index (χ2n) is 17.3. The van der Waals surface area contributed by atoms with Crippen molar-refractivity contribution in [2.75, 3.05) is 32.8 Å². The number of hydrogen-bond donors (Lipinski definition) is 2. The summed E-state index contributed by atoms with van der Waals surface area (Å²) in [6, 6.07) is 36.7. The number of amides is 2. The molecule has 0 spiro atoms. The number of hydrogen-bond acceptors (Lipinski definition) is 13. The van der Waals surface area contributed by atoms with Crippen molar-refractivity contribution < 1.29 is 37.6 Å². The van der Waals surface area contributed by atoms with Gasteiger partial charge in [-0.2, -0.15) is 5.26 Å². The number of aromatic nitrogens is 4. The molecule has 16 nitrogen and oxygen atoms in total. The van der Waals surface area contributed by atoms with Gasteiger partial charge < -0.3 is 43.2 Å². The molecule has 4 aromatic carbocycles. The number of anilines is 1. The zero-order valence-corrected chi connectivity index (χ0v) is 40.0. The summed E-state index contributed by atoms with van der Waals surface area (Å²) in [5, 5.41) is 15.9. The highest BCUT2D eigenvalue weighted by atomic mass is 31.2. The van der Waals surface area contributed by atoms with Gasteiger partial charge in [0.1, 0.15) is 36.1 Å². The van der Waals surface area contributed by atoms with Gasteiger partial charge in [-0.25, -0.2) is 19.6 Å². The average Bonchev–Trinajstić information content (AvgIpc) is 3.82. The summed E-state index contributed by atoms with van der Waals surface area (Å²) in [5.74, 6) is 0.859. The first-order valence-electron chi connectivity index (χ1n) is 22.7. The Hall–Kier alpha value is -6.31. The zero-order chi connectivity index (χ0) is 47.8. The standard InChI is InChI=1S/C51H57N8O8P/c1-34(2)59(35(3)4)68(65-28-13-27-52)67-46-42-30-43(66-51(37-16-11-8-12-17-37,38-18-22-40(62-5)23-19-38)39-20-24-41(63-6)25-21-39)50(46,26-29-64-42)57-44(60)31-58-33-55-45-47(53-32-54-48(45)58)56-49(61)36-14-9-7-10-15-36/h7-12,14-25,32-35,42-43,46H,13,26,28-31H2,1-6H3,(H,57,60)(H,53,54,56,61). The Balaban J connectivity index is 1.23. The van der Waals surface area contributed by atoms with Crippen molar-refractivity contribution in [2.24, 2.45) is 0 Å². The molecule has 1 aliphatic heterocycles. The lowest BCUT2D eigenvalue weighted by atomic mass is 9.78. The van der Waals surface area contributed by atoms with Gasteiger partial charge in [0.05, 0.1) is 57.4 Å². The summed E-state index contributed by atoms with van der Waals surface area (Å²) in [4.78, 5) is 41.5. The minimum Gasteiger partial charge on any atom is -0.497 e. The lowest BCUT2D eigenvalue weighted by Crippen LogP contribution is -2.65. The minimum absolute atomic E-state index is 0.0118. The van der Waals surface area contributed by atoms with E-state index < -0.39 is 38.0 Å². The molecule has 2 aromatic heterocycles. The lowest BCUT2D eigenvalue weighted by molar-refractivity contribution is -0.140. The van der Waals surface area contributed by atoms with Crippen LogP contribution in [-0.2, 0) is 35.5 Å². The number of nitrogens with one attached hydrogen (secondary N) is 2. The van der Waals surface area contributed by atoms with Gasteiger partial charge in [-0.3, -0.25) is 9.59 Å². The number of nitriles is 1. The SMILES string of the molecule is COc1ccc(C(OC2CC3OCCC2(NC(=O)Cn2cnc4c(NC(=O)c5ccccc5)ncnc42)C3OP(OCCC#N)N(C(C)C)C(C)C)(c2ccccc2)c2ccc(OC)cc2)cc1. The first-order chi connectivity index (χ1) is 33.0. The van der Waals surface area contributed by atoms with Crippen molar-refractivity contribution in [2.45, 2.75) is 95.0 Å². The molecule has 0 radical (unpaired) electrons. The summed E-state index contributed by atoms with van der Waals surface area (Å²) in [6.45, 7) is 8.60. The van der Waals surface area contributed by atoms with Crippen LogP contribution in [0.4, 0.5) is 5.82 Å². The highest BCUT2D eigenvalue weighted by Gasteiger charge is 2.63. The Bertz CT molecular complexity index is 2630. The topological polar surface area (TPSA) is 184 Å². The van der Waals surface area contributed by atoms with Gasteiger partial charge in [-0.05, 0) is 87.2 Å². The molecule has 17 heteroatoms. The van der Waals surface area contributed by atoms with Gasteiger partial charge in [0.15, 0.2) is 17.0 Å². The quantitative estimate of drug-likeness (QED) is 0.0425. The maximum absolute atomic E-state index is 15.0. The zero-order valence-electron chi connectivity index (χ0n) is 39.1. The number of carbonyl (C=O) groups is 2. The molecular weight excluding hydrogens is 884 g/mol. The number of rotatable bonds is 20. The van der Waals surface area contributed by atoms with Crippen LogP contribution in [0.1, 0.15) is 74.0 Å². The van der Waals surface area contributed by atoms with Crippen molar-refractivity contribution >= 4 is 37.3 Å². The third kappa shape index (κ3) is 9.82. The molecule has 5 atom stereocenters. The number of imidazole rings is 1. The molecule has 1 saturated carbocycles. The fourth-order valence-corrected chi connectivity index (χ4v) is 11.2. The number of ether oxygens (including phenoxy) is 4. The normalized spacial score (nSPS) is 19.5. The van der Waals surface area contributed by atoms with Gasteiger partial charge >= 0.3 is 0 Å². The Morgan fingerprint density at radius 1 is 0.882 bits per heavy atom. The molecule has 354 valence electrons. The van der Waals surface area contributed by atoms with E-state index in [-0.39, 0.29) is 49.3 Å². The van der Waals surface area contributed by atoms with Crippen molar-refractivity contribution in [3.05, 3.63) is 144 Å². The van der Waals surface area contributed by atoms with Crippen molar-refractivity contribution in [1.82, 2.24) is 29.5 Å². The lowest BCUT2D eigenvalue weighted by Gasteiger charge is -2.48. The van der Waals surface area contributed by atoms with Gasteiger partial charge in [0, 0.05) is 30.7 Å². The predicted octanol–water partition coefficient (Wildman–Crippen LogP) is 8.18. The van der Waals surface area contributed by atoms with E-state index in [1.807, 2.05) is 84.9 Å². The number of carbonyl (C=O) groups excluding carboxylic acids is 2. The molecule has 2 amide bonds. The van der Waals surface area contributed by atoms with Crippen LogP contribution in [0.3, 0.4) is 0 Å². The number of nitrogens with zero attached hydrogens (tertiary/aromatic N) is 6. The Kier molecular flexibility index (Phi) is 15.1. The molecule has 2 N–H and O–H groups in total. The van der Waals surface area contributed by atoms with Gasteiger partial charge in [0.25, 0.3) is 14.4 Å². The Morgan fingerprint density at radius 3 is 2.10 bits per heavy atom. The third-order valence-electron chi connectivity index (χ3n) is 12.4. The number of fused-ring (bicyclic) bond motifs is 3. The van der Waals surface area contributed by atoms with Crippen molar-refractivity contribution in [3.8, 4) is 17.6 Å². The van der Waals surface area contributed by atoms with E-state index in [0.29, 0.717) is 47.7 Å². The van der Waals surface area contributed by atoms with E-state index in [0.717, 1.165) is 16.7 Å². The van der Waals surface area contributed by atoms with Gasteiger partial charge in [-0.15, -0.1) is 0 Å². The molecule has 2 aliphatic rings. The van der Waals surface area contributed by atoms with E-state index in [1.165, 1.54) is 12.7 Å². The monoisotopic (exact) mass is 940 g/mol. The summed E-state index contributed by atoms with van der Waals surface area (Å²) < 4.78 is 43.2. The van der Waals surface area contributed by atoms with Crippen LogP contribution in [0.5, 0.6) is 11.5 Å². The molecule has 2 bridgehead atoms. The van der Waals surface area contributed by atoms with E-state index in [2.05, 4.69) is 64.0 Å². The molecule has 2 fully saturated rings. The summed E-state index contributed by atoms with van der Waals surface area (Å²) in [7, 11) is 1.47. The summed E-state index contributed by atoms with van der Waals surface area (Å²) in [5.41, 5.74) is 1.18. The molecule has 5 unspecified atom stereocenters. The minimum atomic E-state index is -1.79. The van der Waals surface area contributed by atoms with Crippen LogP contribution >= 0.6 is 8.53 Å². The number of methoxy groups -OCH3 is 2. The highest BCUT2D eigenvalue weighted by molar-refractivity contribution is 7.44. The highest BCUT2D eigenvalue weighted by Crippen LogP contribution is 2.55. The van der Waals surface area contributed by atoms with Crippen LogP contribution < -0.4 is 20.1 Å². The van der Waals surface area contributed by atoms with E-state index in [9.17, 15) is 14.9 Å². The molecule has 6 aromatic rings. The van der Waals surface area contributed by atoms with Crippen LogP contribution in [0.2, 0.25) is 0 Å². The average molecular weight is 941 g/mol. The van der Waals surface area contributed by atoms with Crippen molar-refractivity contribution in [3.63, 3.8) is 0 Å². The fraction of sp³-hybridized carbons (Fsp3) is 0.373. The molecule has 1 saturated heterocycles. The summed E-state index contributed by atoms with van der Waals surface area (Å²) in [6.07, 6.45) is 1.67. The maximum atomic E-state index is 15.0. The molecule has 3 heterocycles. The number of benzene rings is 4. The first-order valence-corrected chi connectivity index (χ1v) is 23.9. The summed E-state index contributed by atoms with van der Waals surface area (Å²) >= 11 is 0. The third-order valence-corrected chi connectivity index (χ3v) is 14.5. The predicted molar refractivity (Wildman–Crippen MR) is 257 cm³/mol. The smallest absolute Gasteiger partial charge is 0.259 e. The second kappa shape index (κ2) is 21.3. The van der Waals surface area contributed by atoms with E-state index in [4.69, 9.17) is 28.0 Å². The fourth-order valence-electron chi connectivity index (χ4n) is 9.37. The molecule has 1 aliphatic carbocycles. The second-order valence-corrected chi connectivity index (χ2v) is 18.7. The van der Waals surface area contributed by atoms with Gasteiger partial charge in [-0.1, -0.05) is 72.8 Å². The Morgan fingerprint density at radius 2 is 1.50 bits per heavy atom. The largest absolute Gasteiger partial charge is 0.497 e. The van der Waals surface area contributed by atoms with Crippen LogP contribution in [0.15, 0.2) is 122 Å². The maximum Gasteiger partial charge on any atom is 0.259 e. The van der Waals surface area contributed by atoms with Crippen LogP contribution in [0.25, 0.3) is 11.2 Å². The Labute approximate surface area is 397 Å². The van der Waals surface area contributed by atoms with Crippen LogP contribution in [0, 0.1) is 11.3 Å². The van der Waals surface area contributed by atoms with E-state index in [1.54, 1.807) is 43.1 Å². The first kappa shape index (κ1) is 48.2. The van der Waals surface area contributed by atoms with Crippen molar-refractivity contribution in [1.29, 1.82) is 5.26 Å². The van der Waals surface area contributed by atoms with E-state index >= 15 is 0 Å². The van der Waals surface area contributed by atoms with Gasteiger partial charge in [0.2, 0.25) is 5.91 Å².